The van der Waals surface area contributed by atoms with Crippen molar-refractivity contribution < 1.29 is 14.3 Å². The molecule has 4 saturated carbocycles. The number of methoxy groups -OCH3 is 1. The fourth-order valence-electron chi connectivity index (χ4n) is 5.90. The molecule has 5 nitrogen and oxygen atoms in total. The second-order valence-electron chi connectivity index (χ2n) is 8.83. The van der Waals surface area contributed by atoms with E-state index in [0.29, 0.717) is 19.5 Å². The third-order valence-electron chi connectivity index (χ3n) is 6.81. The molecule has 0 heterocycles. The van der Waals surface area contributed by atoms with Gasteiger partial charge in [0.2, 0.25) is 11.8 Å². The molecule has 0 aromatic heterocycles. The Hall–Kier alpha value is -2.04. The molecule has 2 amide bonds. The van der Waals surface area contributed by atoms with E-state index in [1.54, 1.807) is 7.11 Å². The van der Waals surface area contributed by atoms with Crippen LogP contribution in [0, 0.1) is 23.2 Å². The van der Waals surface area contributed by atoms with Crippen LogP contribution in [0.5, 0.6) is 5.75 Å². The Morgan fingerprint density at radius 1 is 1.00 bits per heavy atom. The highest BCUT2D eigenvalue weighted by molar-refractivity contribution is 5.84. The molecule has 5 heteroatoms. The van der Waals surface area contributed by atoms with E-state index in [9.17, 15) is 9.59 Å². The molecular formula is C22H30N2O3. The van der Waals surface area contributed by atoms with Gasteiger partial charge in [0.1, 0.15) is 5.75 Å². The lowest BCUT2D eigenvalue weighted by atomic mass is 9.49. The monoisotopic (exact) mass is 370 g/mol. The second-order valence-corrected chi connectivity index (χ2v) is 8.83. The molecule has 146 valence electrons. The summed E-state index contributed by atoms with van der Waals surface area (Å²) in [7, 11) is 1.63. The molecule has 0 radical (unpaired) electrons. The third kappa shape index (κ3) is 3.97. The van der Waals surface area contributed by atoms with Gasteiger partial charge in [-0.15, -0.1) is 0 Å². The minimum Gasteiger partial charge on any atom is -0.497 e. The number of nitrogens with one attached hydrogen (secondary N) is 2. The van der Waals surface area contributed by atoms with Gasteiger partial charge in [-0.2, -0.15) is 0 Å². The summed E-state index contributed by atoms with van der Waals surface area (Å²) in [6.45, 7) is 0.917. The van der Waals surface area contributed by atoms with Crippen LogP contribution in [-0.4, -0.2) is 25.5 Å². The molecule has 4 aliphatic carbocycles. The first-order valence-corrected chi connectivity index (χ1v) is 10.2. The van der Waals surface area contributed by atoms with E-state index in [1.807, 2.05) is 24.3 Å². The number of carbonyl (C=O) groups is 2. The zero-order chi connectivity index (χ0) is 18.9. The maximum atomic E-state index is 12.9. The minimum absolute atomic E-state index is 0.0309. The van der Waals surface area contributed by atoms with Crippen LogP contribution in [0.1, 0.15) is 50.5 Å². The summed E-state index contributed by atoms with van der Waals surface area (Å²) in [5.74, 6) is 3.25. The van der Waals surface area contributed by atoms with Gasteiger partial charge in [0, 0.05) is 24.9 Å². The van der Waals surface area contributed by atoms with E-state index in [0.717, 1.165) is 48.3 Å². The van der Waals surface area contributed by atoms with Gasteiger partial charge in [0.25, 0.3) is 0 Å². The van der Waals surface area contributed by atoms with Crippen molar-refractivity contribution in [1.29, 1.82) is 0 Å². The van der Waals surface area contributed by atoms with E-state index >= 15 is 0 Å². The minimum atomic E-state index is -0.131. The molecule has 1 aromatic rings. The van der Waals surface area contributed by atoms with Crippen molar-refractivity contribution in [2.75, 3.05) is 13.7 Å². The van der Waals surface area contributed by atoms with E-state index in [1.165, 1.54) is 19.3 Å². The largest absolute Gasteiger partial charge is 0.497 e. The number of hydrogen-bond acceptors (Lipinski definition) is 3. The number of rotatable bonds is 7. The van der Waals surface area contributed by atoms with E-state index in [2.05, 4.69) is 10.6 Å². The van der Waals surface area contributed by atoms with Crippen LogP contribution in [-0.2, 0) is 16.1 Å². The Balaban J connectivity index is 1.20. The van der Waals surface area contributed by atoms with E-state index in [-0.39, 0.29) is 17.2 Å². The zero-order valence-corrected chi connectivity index (χ0v) is 16.1. The van der Waals surface area contributed by atoms with Crippen molar-refractivity contribution in [2.45, 2.75) is 51.5 Å². The van der Waals surface area contributed by atoms with Gasteiger partial charge in [0.15, 0.2) is 0 Å². The SMILES string of the molecule is COc1ccc(CNC(=O)CCNC(=O)C23CC4CC(CC(C4)C2)C3)cc1. The summed E-state index contributed by atoms with van der Waals surface area (Å²) in [6, 6.07) is 7.64. The summed E-state index contributed by atoms with van der Waals surface area (Å²) in [5, 5.41) is 5.98. The second kappa shape index (κ2) is 7.53. The molecule has 5 rings (SSSR count). The fraction of sp³-hybridized carbons (Fsp3) is 0.636. The van der Waals surface area contributed by atoms with Gasteiger partial charge in [0.05, 0.1) is 7.11 Å². The van der Waals surface area contributed by atoms with Crippen LogP contribution < -0.4 is 15.4 Å². The lowest BCUT2D eigenvalue weighted by Gasteiger charge is -2.55. The van der Waals surface area contributed by atoms with E-state index in [4.69, 9.17) is 4.74 Å². The summed E-state index contributed by atoms with van der Waals surface area (Å²) in [5.41, 5.74) is 0.899. The van der Waals surface area contributed by atoms with Gasteiger partial charge < -0.3 is 15.4 Å². The fourth-order valence-corrected chi connectivity index (χ4v) is 5.90. The summed E-state index contributed by atoms with van der Waals surface area (Å²) in [4.78, 5) is 24.9. The zero-order valence-electron chi connectivity index (χ0n) is 16.1. The summed E-state index contributed by atoms with van der Waals surface area (Å²) < 4.78 is 5.13. The Bertz CT molecular complexity index is 663. The Morgan fingerprint density at radius 3 is 2.15 bits per heavy atom. The summed E-state index contributed by atoms with van der Waals surface area (Å²) in [6.07, 6.45) is 7.52. The smallest absolute Gasteiger partial charge is 0.226 e. The predicted molar refractivity (Wildman–Crippen MR) is 103 cm³/mol. The number of benzene rings is 1. The number of amides is 2. The highest BCUT2D eigenvalue weighted by atomic mass is 16.5. The first-order valence-electron chi connectivity index (χ1n) is 10.2. The van der Waals surface area contributed by atoms with Crippen molar-refractivity contribution in [1.82, 2.24) is 10.6 Å². The van der Waals surface area contributed by atoms with Crippen LogP contribution in [0.4, 0.5) is 0 Å². The first kappa shape index (κ1) is 18.3. The topological polar surface area (TPSA) is 67.4 Å². The van der Waals surface area contributed by atoms with Gasteiger partial charge in [-0.05, 0) is 74.0 Å². The summed E-state index contributed by atoms with van der Waals surface area (Å²) >= 11 is 0. The van der Waals surface area contributed by atoms with Crippen LogP contribution >= 0.6 is 0 Å². The van der Waals surface area contributed by atoms with Gasteiger partial charge >= 0.3 is 0 Å². The van der Waals surface area contributed by atoms with E-state index < -0.39 is 0 Å². The maximum absolute atomic E-state index is 12.9. The molecule has 0 saturated heterocycles. The molecule has 0 atom stereocenters. The van der Waals surface area contributed by atoms with Crippen LogP contribution in [0.15, 0.2) is 24.3 Å². The van der Waals surface area contributed by atoms with Crippen molar-refractivity contribution in [3.05, 3.63) is 29.8 Å². The number of ether oxygens (including phenoxy) is 1. The van der Waals surface area contributed by atoms with Crippen LogP contribution in [0.25, 0.3) is 0 Å². The third-order valence-corrected chi connectivity index (χ3v) is 6.81. The highest BCUT2D eigenvalue weighted by Gasteiger charge is 2.54. The molecular weight excluding hydrogens is 340 g/mol. The average molecular weight is 370 g/mol. The Labute approximate surface area is 161 Å². The highest BCUT2D eigenvalue weighted by Crippen LogP contribution is 2.60. The van der Waals surface area contributed by atoms with Crippen molar-refractivity contribution in [3.63, 3.8) is 0 Å². The molecule has 2 N–H and O–H groups in total. The van der Waals surface area contributed by atoms with Gasteiger partial charge in [-0.3, -0.25) is 9.59 Å². The lowest BCUT2D eigenvalue weighted by molar-refractivity contribution is -0.146. The normalized spacial score (nSPS) is 30.8. The molecule has 27 heavy (non-hydrogen) atoms. The van der Waals surface area contributed by atoms with Crippen molar-refractivity contribution in [3.8, 4) is 5.75 Å². The van der Waals surface area contributed by atoms with Crippen molar-refractivity contribution in [2.24, 2.45) is 23.2 Å². The number of carbonyl (C=O) groups excluding carboxylic acids is 2. The average Bonchev–Trinajstić information content (AvgIpc) is 2.65. The Kier molecular flexibility index (Phi) is 5.11. The first-order chi connectivity index (χ1) is 13.1. The molecule has 4 bridgehead atoms. The van der Waals surface area contributed by atoms with Crippen molar-refractivity contribution >= 4 is 11.8 Å². The van der Waals surface area contributed by atoms with Crippen LogP contribution in [0.3, 0.4) is 0 Å². The standard InChI is InChI=1S/C22H30N2O3/c1-27-19-4-2-15(3-5-19)14-24-20(25)6-7-23-21(26)22-11-16-8-17(12-22)10-18(9-16)13-22/h2-5,16-18H,6-14H2,1H3,(H,23,26)(H,24,25). The molecule has 0 unspecified atom stereocenters. The molecule has 4 fully saturated rings. The number of hydrogen-bond donors (Lipinski definition) is 2. The molecule has 1 aromatic carbocycles. The van der Waals surface area contributed by atoms with Gasteiger partial charge in [-0.1, -0.05) is 12.1 Å². The molecule has 0 spiro atoms. The molecule has 4 aliphatic rings. The quantitative estimate of drug-likeness (QED) is 0.775. The maximum Gasteiger partial charge on any atom is 0.226 e. The van der Waals surface area contributed by atoms with Crippen LogP contribution in [0.2, 0.25) is 0 Å². The molecule has 0 aliphatic heterocycles. The lowest BCUT2D eigenvalue weighted by Crippen LogP contribution is -2.53. The Morgan fingerprint density at radius 2 is 1.59 bits per heavy atom. The predicted octanol–water partition coefficient (Wildman–Crippen LogP) is 3.03. The van der Waals surface area contributed by atoms with Gasteiger partial charge in [-0.25, -0.2) is 0 Å².